The van der Waals surface area contributed by atoms with E-state index in [1.165, 1.54) is 0 Å². The van der Waals surface area contributed by atoms with Crippen molar-refractivity contribution in [2.75, 3.05) is 13.2 Å². The van der Waals surface area contributed by atoms with Gasteiger partial charge in [0.05, 0.1) is 0 Å². The Hall–Kier alpha value is -3.31. The third-order valence-electron chi connectivity index (χ3n) is 6.29. The second-order valence-electron chi connectivity index (χ2n) is 9.44. The molecule has 1 atom stereocenters. The molecule has 0 heterocycles. The minimum atomic E-state index is -0.716. The number of hydrogen-bond donors (Lipinski definition) is 1. The molecule has 0 radical (unpaired) electrons. The third kappa shape index (κ3) is 8.36. The van der Waals surface area contributed by atoms with E-state index in [-0.39, 0.29) is 30.9 Å². The van der Waals surface area contributed by atoms with Crippen LogP contribution in [0.2, 0.25) is 5.02 Å². The lowest BCUT2D eigenvalue weighted by molar-refractivity contribution is -0.142. The second kappa shape index (κ2) is 14.4. The molecule has 0 spiro atoms. The highest BCUT2D eigenvalue weighted by atomic mass is 35.5. The summed E-state index contributed by atoms with van der Waals surface area (Å²) in [6.07, 6.45) is 2.23. The zero-order chi connectivity index (χ0) is 26.6. The van der Waals surface area contributed by atoms with Gasteiger partial charge in [-0.2, -0.15) is 0 Å². The van der Waals surface area contributed by atoms with Gasteiger partial charge in [-0.3, -0.25) is 9.59 Å². The molecule has 0 aliphatic rings. The Morgan fingerprint density at radius 2 is 1.62 bits per heavy atom. The number of hydrogen-bond acceptors (Lipinski definition) is 3. The SMILES string of the molecule is CCCCNC(=O)C(Cc1ccccc1)N(Cc1ccccc1Cl)C(=O)COc1ccccc1C(C)C. The van der Waals surface area contributed by atoms with Gasteiger partial charge in [0.25, 0.3) is 5.91 Å². The Morgan fingerprint density at radius 3 is 2.32 bits per heavy atom. The van der Waals surface area contributed by atoms with Gasteiger partial charge in [0, 0.05) is 24.5 Å². The predicted octanol–water partition coefficient (Wildman–Crippen LogP) is 6.40. The Kier molecular flexibility index (Phi) is 11.0. The first-order valence-electron chi connectivity index (χ1n) is 13.0. The summed E-state index contributed by atoms with van der Waals surface area (Å²) in [7, 11) is 0. The van der Waals surface area contributed by atoms with Crippen LogP contribution in [0.1, 0.15) is 56.2 Å². The number of halogens is 1. The van der Waals surface area contributed by atoms with Crippen molar-refractivity contribution in [2.45, 2.75) is 58.5 Å². The number of benzene rings is 3. The molecule has 3 aromatic carbocycles. The van der Waals surface area contributed by atoms with E-state index in [0.717, 1.165) is 29.5 Å². The first-order chi connectivity index (χ1) is 17.9. The topological polar surface area (TPSA) is 58.6 Å². The number of carbonyl (C=O) groups excluding carboxylic acids is 2. The van der Waals surface area contributed by atoms with Gasteiger partial charge in [0.15, 0.2) is 6.61 Å². The van der Waals surface area contributed by atoms with Gasteiger partial charge in [-0.15, -0.1) is 0 Å². The Bertz CT molecular complexity index is 1150. The zero-order valence-corrected chi connectivity index (χ0v) is 22.7. The van der Waals surface area contributed by atoms with Gasteiger partial charge in [-0.1, -0.05) is 106 Å². The van der Waals surface area contributed by atoms with Crippen LogP contribution >= 0.6 is 11.6 Å². The van der Waals surface area contributed by atoms with E-state index in [4.69, 9.17) is 16.3 Å². The predicted molar refractivity (Wildman–Crippen MR) is 150 cm³/mol. The molecule has 0 aliphatic heterocycles. The smallest absolute Gasteiger partial charge is 0.261 e. The molecule has 0 saturated heterocycles. The van der Waals surface area contributed by atoms with E-state index < -0.39 is 6.04 Å². The second-order valence-corrected chi connectivity index (χ2v) is 9.85. The van der Waals surface area contributed by atoms with Crippen LogP contribution in [-0.4, -0.2) is 35.9 Å². The molecule has 0 aliphatic carbocycles. The lowest BCUT2D eigenvalue weighted by Gasteiger charge is -2.32. The zero-order valence-electron chi connectivity index (χ0n) is 22.0. The summed E-state index contributed by atoms with van der Waals surface area (Å²) in [5, 5.41) is 3.58. The molecular weight excluding hydrogens is 484 g/mol. The molecule has 0 saturated carbocycles. The van der Waals surface area contributed by atoms with Crippen LogP contribution in [-0.2, 0) is 22.6 Å². The third-order valence-corrected chi connectivity index (χ3v) is 6.66. The summed E-state index contributed by atoms with van der Waals surface area (Å²) in [5.74, 6) is 0.474. The van der Waals surface area contributed by atoms with Crippen LogP contribution in [0.3, 0.4) is 0 Å². The van der Waals surface area contributed by atoms with Crippen molar-refractivity contribution in [1.29, 1.82) is 0 Å². The molecule has 5 nitrogen and oxygen atoms in total. The van der Waals surface area contributed by atoms with Gasteiger partial charge in [0.2, 0.25) is 5.91 Å². The molecule has 1 unspecified atom stereocenters. The number of amides is 2. The Morgan fingerprint density at radius 1 is 0.946 bits per heavy atom. The fraction of sp³-hybridized carbons (Fsp3) is 0.355. The summed E-state index contributed by atoms with van der Waals surface area (Å²) < 4.78 is 6.03. The molecule has 0 aromatic heterocycles. The van der Waals surface area contributed by atoms with Gasteiger partial charge >= 0.3 is 0 Å². The molecule has 0 bridgehead atoms. The van der Waals surface area contributed by atoms with Crippen molar-refractivity contribution in [3.05, 3.63) is 101 Å². The van der Waals surface area contributed by atoms with E-state index in [2.05, 4.69) is 26.1 Å². The molecule has 0 fully saturated rings. The van der Waals surface area contributed by atoms with Crippen molar-refractivity contribution in [3.8, 4) is 5.75 Å². The number of unbranched alkanes of at least 4 members (excludes halogenated alkanes) is 1. The molecule has 6 heteroatoms. The minimum Gasteiger partial charge on any atom is -0.483 e. The van der Waals surface area contributed by atoms with E-state index in [1.54, 1.807) is 11.0 Å². The summed E-state index contributed by atoms with van der Waals surface area (Å²) in [4.78, 5) is 28.8. The first kappa shape index (κ1) is 28.3. The number of carbonyl (C=O) groups is 2. The number of nitrogens with one attached hydrogen (secondary N) is 1. The summed E-state index contributed by atoms with van der Waals surface area (Å²) in [6, 6.07) is 24.2. The molecule has 3 rings (SSSR count). The van der Waals surface area contributed by atoms with Crippen LogP contribution in [0, 0.1) is 0 Å². The van der Waals surface area contributed by atoms with E-state index >= 15 is 0 Å². The molecule has 37 heavy (non-hydrogen) atoms. The number of para-hydroxylation sites is 1. The average molecular weight is 521 g/mol. The summed E-state index contributed by atoms with van der Waals surface area (Å²) in [6.45, 7) is 6.84. The fourth-order valence-corrected chi connectivity index (χ4v) is 4.38. The first-order valence-corrected chi connectivity index (χ1v) is 13.3. The summed E-state index contributed by atoms with van der Waals surface area (Å²) in [5.41, 5.74) is 2.78. The number of rotatable bonds is 13. The van der Waals surface area contributed by atoms with Gasteiger partial charge < -0.3 is 15.0 Å². The summed E-state index contributed by atoms with van der Waals surface area (Å²) >= 11 is 6.48. The minimum absolute atomic E-state index is 0.179. The highest BCUT2D eigenvalue weighted by Gasteiger charge is 2.31. The van der Waals surface area contributed by atoms with Crippen molar-refractivity contribution < 1.29 is 14.3 Å². The van der Waals surface area contributed by atoms with Crippen molar-refractivity contribution >= 4 is 23.4 Å². The van der Waals surface area contributed by atoms with Crippen molar-refractivity contribution in [2.24, 2.45) is 0 Å². The number of nitrogens with zero attached hydrogens (tertiary/aromatic N) is 1. The van der Waals surface area contributed by atoms with Gasteiger partial charge in [0.1, 0.15) is 11.8 Å². The number of ether oxygens (including phenoxy) is 1. The van der Waals surface area contributed by atoms with E-state index in [1.807, 2.05) is 72.8 Å². The van der Waals surface area contributed by atoms with Crippen LogP contribution in [0.25, 0.3) is 0 Å². The lowest BCUT2D eigenvalue weighted by atomic mass is 10.0. The highest BCUT2D eigenvalue weighted by Crippen LogP contribution is 2.26. The van der Waals surface area contributed by atoms with Crippen molar-refractivity contribution in [1.82, 2.24) is 10.2 Å². The maximum absolute atomic E-state index is 13.8. The highest BCUT2D eigenvalue weighted by molar-refractivity contribution is 6.31. The van der Waals surface area contributed by atoms with Crippen LogP contribution in [0.4, 0.5) is 0 Å². The van der Waals surface area contributed by atoms with Gasteiger partial charge in [-0.05, 0) is 41.2 Å². The van der Waals surface area contributed by atoms with Gasteiger partial charge in [-0.25, -0.2) is 0 Å². The van der Waals surface area contributed by atoms with Crippen LogP contribution in [0.15, 0.2) is 78.9 Å². The standard InChI is InChI=1S/C31H37ClN2O3/c1-4-5-19-33-31(36)28(20-24-13-7-6-8-14-24)34(21-25-15-9-11-17-27(25)32)30(35)22-37-29-18-12-10-16-26(29)23(2)3/h6-18,23,28H,4-5,19-22H2,1-3H3,(H,33,36). The van der Waals surface area contributed by atoms with E-state index in [0.29, 0.717) is 23.7 Å². The maximum Gasteiger partial charge on any atom is 0.261 e. The lowest BCUT2D eigenvalue weighted by Crippen LogP contribution is -2.51. The quantitative estimate of drug-likeness (QED) is 0.265. The Labute approximate surface area is 225 Å². The largest absolute Gasteiger partial charge is 0.483 e. The maximum atomic E-state index is 13.8. The fourth-order valence-electron chi connectivity index (χ4n) is 4.18. The monoisotopic (exact) mass is 520 g/mol. The van der Waals surface area contributed by atoms with Crippen molar-refractivity contribution in [3.63, 3.8) is 0 Å². The van der Waals surface area contributed by atoms with Crippen LogP contribution in [0.5, 0.6) is 5.75 Å². The normalized spacial score (nSPS) is 11.7. The molecular formula is C31H37ClN2O3. The Balaban J connectivity index is 1.92. The molecule has 1 N–H and O–H groups in total. The molecule has 196 valence electrons. The average Bonchev–Trinajstić information content (AvgIpc) is 2.91. The molecule has 3 aromatic rings. The van der Waals surface area contributed by atoms with E-state index in [9.17, 15) is 9.59 Å². The molecule has 2 amide bonds. The van der Waals surface area contributed by atoms with Crippen LogP contribution < -0.4 is 10.1 Å².